The van der Waals surface area contributed by atoms with Crippen molar-refractivity contribution in [3.8, 4) is 0 Å². The van der Waals surface area contributed by atoms with Crippen LogP contribution in [-0.2, 0) is 4.84 Å². The van der Waals surface area contributed by atoms with Crippen molar-refractivity contribution in [2.24, 2.45) is 10.9 Å². The minimum absolute atomic E-state index is 0.0849. The average Bonchev–Trinajstić information content (AvgIpc) is 2.93. The standard InChI is InChI=1S/C12H13N5O2/c1-7-9(3-2-4-10(7)13)11(14)17-19-12(18)8-5-15-16-6-8/h2-6H,13H2,1H3,(H2,14,17)(H,15,16). The van der Waals surface area contributed by atoms with E-state index in [0.29, 0.717) is 11.3 Å². The number of nitrogens with two attached hydrogens (primary N) is 2. The molecular weight excluding hydrogens is 246 g/mol. The Labute approximate surface area is 109 Å². The molecule has 1 aromatic carbocycles. The van der Waals surface area contributed by atoms with Crippen LogP contribution in [0.4, 0.5) is 5.69 Å². The van der Waals surface area contributed by atoms with Crippen molar-refractivity contribution in [1.29, 1.82) is 0 Å². The molecule has 0 saturated carbocycles. The zero-order chi connectivity index (χ0) is 13.8. The van der Waals surface area contributed by atoms with Gasteiger partial charge in [0.15, 0.2) is 5.84 Å². The number of nitrogens with zero attached hydrogens (tertiary/aromatic N) is 2. The first-order valence-corrected chi connectivity index (χ1v) is 5.48. The summed E-state index contributed by atoms with van der Waals surface area (Å²) in [5.41, 5.74) is 13.8. The van der Waals surface area contributed by atoms with Gasteiger partial charge < -0.3 is 16.3 Å². The Bertz CT molecular complexity index is 619. The summed E-state index contributed by atoms with van der Waals surface area (Å²) in [5, 5.41) is 9.73. The van der Waals surface area contributed by atoms with Gasteiger partial charge in [0.2, 0.25) is 0 Å². The second kappa shape index (κ2) is 5.21. The Morgan fingerprint density at radius 1 is 1.47 bits per heavy atom. The van der Waals surface area contributed by atoms with Gasteiger partial charge in [0, 0.05) is 17.4 Å². The molecule has 7 nitrogen and oxygen atoms in total. The van der Waals surface area contributed by atoms with E-state index in [2.05, 4.69) is 15.4 Å². The lowest BCUT2D eigenvalue weighted by atomic mass is 10.1. The Balaban J connectivity index is 2.15. The first-order chi connectivity index (χ1) is 9.09. The van der Waals surface area contributed by atoms with Gasteiger partial charge in [0.1, 0.15) is 0 Å². The van der Waals surface area contributed by atoms with E-state index in [4.69, 9.17) is 16.3 Å². The van der Waals surface area contributed by atoms with Crippen molar-refractivity contribution < 1.29 is 9.63 Å². The number of aromatic nitrogens is 2. The van der Waals surface area contributed by atoms with Crippen LogP contribution in [0, 0.1) is 6.92 Å². The Morgan fingerprint density at radius 3 is 2.95 bits per heavy atom. The van der Waals surface area contributed by atoms with Gasteiger partial charge in [0.25, 0.3) is 0 Å². The van der Waals surface area contributed by atoms with Gasteiger partial charge in [-0.2, -0.15) is 5.10 Å². The fraction of sp³-hybridized carbons (Fsp3) is 0.0833. The third kappa shape index (κ3) is 2.71. The Morgan fingerprint density at radius 2 is 2.26 bits per heavy atom. The molecule has 0 bridgehead atoms. The van der Waals surface area contributed by atoms with Crippen molar-refractivity contribution in [2.75, 3.05) is 5.73 Å². The maximum atomic E-state index is 11.5. The largest absolute Gasteiger partial charge is 0.398 e. The SMILES string of the molecule is Cc1c(N)cccc1/C(N)=N/OC(=O)c1cn[nH]c1. The molecule has 0 atom stereocenters. The number of benzene rings is 1. The summed E-state index contributed by atoms with van der Waals surface area (Å²) < 4.78 is 0. The Hall–Kier alpha value is -2.83. The number of nitrogen functional groups attached to an aromatic ring is 1. The third-order valence-electron chi connectivity index (χ3n) is 2.61. The van der Waals surface area contributed by atoms with E-state index in [0.717, 1.165) is 5.56 Å². The number of H-pyrrole nitrogens is 1. The highest BCUT2D eigenvalue weighted by molar-refractivity contribution is 6.00. The predicted molar refractivity (Wildman–Crippen MR) is 70.3 cm³/mol. The first-order valence-electron chi connectivity index (χ1n) is 5.48. The monoisotopic (exact) mass is 259 g/mol. The van der Waals surface area contributed by atoms with Crippen LogP contribution >= 0.6 is 0 Å². The molecule has 98 valence electrons. The molecule has 1 aromatic heterocycles. The quantitative estimate of drug-likeness (QED) is 0.247. The molecule has 0 unspecified atom stereocenters. The minimum atomic E-state index is -0.641. The van der Waals surface area contributed by atoms with Gasteiger partial charge in [-0.3, -0.25) is 5.10 Å². The molecule has 5 N–H and O–H groups in total. The fourth-order valence-electron chi connectivity index (χ4n) is 1.49. The summed E-state index contributed by atoms with van der Waals surface area (Å²) in [6.45, 7) is 1.81. The molecule has 0 saturated heterocycles. The summed E-state index contributed by atoms with van der Waals surface area (Å²) in [6, 6.07) is 5.25. The van der Waals surface area contributed by atoms with Crippen LogP contribution in [0.1, 0.15) is 21.5 Å². The van der Waals surface area contributed by atoms with E-state index in [1.54, 1.807) is 18.2 Å². The van der Waals surface area contributed by atoms with E-state index in [9.17, 15) is 4.79 Å². The summed E-state index contributed by atoms with van der Waals surface area (Å²) in [5.74, 6) is -0.556. The third-order valence-corrected chi connectivity index (χ3v) is 2.61. The van der Waals surface area contributed by atoms with E-state index in [1.807, 2.05) is 6.92 Å². The number of rotatable bonds is 3. The zero-order valence-corrected chi connectivity index (χ0v) is 10.3. The topological polar surface area (TPSA) is 119 Å². The summed E-state index contributed by atoms with van der Waals surface area (Å²) in [6.07, 6.45) is 2.74. The smallest absolute Gasteiger partial charge is 0.368 e. The molecule has 0 amide bonds. The zero-order valence-electron chi connectivity index (χ0n) is 10.3. The van der Waals surface area contributed by atoms with Crippen LogP contribution in [0.15, 0.2) is 35.7 Å². The first kappa shape index (κ1) is 12.6. The van der Waals surface area contributed by atoms with E-state index < -0.39 is 5.97 Å². The number of carbonyl (C=O) groups excluding carboxylic acids is 1. The highest BCUT2D eigenvalue weighted by Gasteiger charge is 2.10. The maximum absolute atomic E-state index is 11.5. The summed E-state index contributed by atoms with van der Waals surface area (Å²) >= 11 is 0. The van der Waals surface area contributed by atoms with Gasteiger partial charge in [0.05, 0.1) is 11.8 Å². The number of hydrogen-bond donors (Lipinski definition) is 3. The van der Waals surface area contributed by atoms with E-state index >= 15 is 0 Å². The van der Waals surface area contributed by atoms with Gasteiger partial charge in [-0.05, 0) is 18.6 Å². The second-order valence-corrected chi connectivity index (χ2v) is 3.86. The second-order valence-electron chi connectivity index (χ2n) is 3.86. The number of nitrogens with one attached hydrogen (secondary N) is 1. The van der Waals surface area contributed by atoms with Crippen LogP contribution in [0.5, 0.6) is 0 Å². The van der Waals surface area contributed by atoms with Crippen LogP contribution < -0.4 is 11.5 Å². The highest BCUT2D eigenvalue weighted by atomic mass is 16.7. The maximum Gasteiger partial charge on any atom is 0.368 e. The van der Waals surface area contributed by atoms with Crippen molar-refractivity contribution >= 4 is 17.5 Å². The van der Waals surface area contributed by atoms with Gasteiger partial charge >= 0.3 is 5.97 Å². The van der Waals surface area contributed by atoms with Crippen LogP contribution in [-0.4, -0.2) is 22.0 Å². The number of amidine groups is 1. The number of anilines is 1. The lowest BCUT2D eigenvalue weighted by molar-refractivity contribution is 0.0516. The van der Waals surface area contributed by atoms with Crippen molar-refractivity contribution in [1.82, 2.24) is 10.2 Å². The van der Waals surface area contributed by atoms with Crippen LogP contribution in [0.25, 0.3) is 0 Å². The van der Waals surface area contributed by atoms with Gasteiger partial charge in [-0.15, -0.1) is 0 Å². The molecule has 2 aromatic rings. The number of oxime groups is 1. The molecule has 1 heterocycles. The molecule has 2 rings (SSSR count). The average molecular weight is 259 g/mol. The molecule has 19 heavy (non-hydrogen) atoms. The molecule has 0 spiro atoms. The Kier molecular flexibility index (Phi) is 3.46. The molecule has 0 aliphatic carbocycles. The van der Waals surface area contributed by atoms with Crippen LogP contribution in [0.3, 0.4) is 0 Å². The number of hydrogen-bond acceptors (Lipinski definition) is 5. The lowest BCUT2D eigenvalue weighted by Crippen LogP contribution is -2.17. The van der Waals surface area contributed by atoms with Crippen molar-refractivity contribution in [3.63, 3.8) is 0 Å². The van der Waals surface area contributed by atoms with Crippen molar-refractivity contribution in [3.05, 3.63) is 47.3 Å². The molecule has 0 fully saturated rings. The summed E-state index contributed by atoms with van der Waals surface area (Å²) in [4.78, 5) is 16.2. The van der Waals surface area contributed by atoms with Crippen LogP contribution in [0.2, 0.25) is 0 Å². The summed E-state index contributed by atoms with van der Waals surface area (Å²) in [7, 11) is 0. The number of aromatic amines is 1. The van der Waals surface area contributed by atoms with E-state index in [-0.39, 0.29) is 11.4 Å². The highest BCUT2D eigenvalue weighted by Crippen LogP contribution is 2.15. The van der Waals surface area contributed by atoms with Gasteiger partial charge in [-0.25, -0.2) is 4.79 Å². The fourth-order valence-corrected chi connectivity index (χ4v) is 1.49. The minimum Gasteiger partial charge on any atom is -0.398 e. The molecule has 0 radical (unpaired) electrons. The predicted octanol–water partition coefficient (Wildman–Crippen LogP) is 0.778. The molecule has 0 aliphatic rings. The molecule has 0 aliphatic heterocycles. The van der Waals surface area contributed by atoms with E-state index in [1.165, 1.54) is 12.4 Å². The number of carbonyl (C=O) groups is 1. The van der Waals surface area contributed by atoms with Crippen molar-refractivity contribution in [2.45, 2.75) is 6.92 Å². The van der Waals surface area contributed by atoms with Gasteiger partial charge in [-0.1, -0.05) is 17.3 Å². The normalized spacial score (nSPS) is 11.3. The molecular formula is C12H13N5O2. The molecule has 7 heteroatoms. The lowest BCUT2D eigenvalue weighted by Gasteiger charge is -2.06.